The second kappa shape index (κ2) is 3.47. The van der Waals surface area contributed by atoms with E-state index in [9.17, 15) is 0 Å². The molecule has 2 rings (SSSR count). The number of rotatable bonds is 1. The zero-order chi connectivity index (χ0) is 9.47. The minimum atomic E-state index is 0.493. The zero-order valence-corrected chi connectivity index (χ0v) is 9.79. The van der Waals surface area contributed by atoms with Crippen molar-refractivity contribution in [3.63, 3.8) is 0 Å². The van der Waals surface area contributed by atoms with E-state index in [0.29, 0.717) is 4.87 Å². The lowest BCUT2D eigenvalue weighted by Gasteiger charge is -2.53. The molecule has 0 bridgehead atoms. The SMILES string of the molecule is CC1CCNC2(CC(C(C)C)C2)S1. The van der Waals surface area contributed by atoms with E-state index in [-0.39, 0.29) is 0 Å². The van der Waals surface area contributed by atoms with Gasteiger partial charge in [0.1, 0.15) is 0 Å². The van der Waals surface area contributed by atoms with Gasteiger partial charge in [0.25, 0.3) is 0 Å². The molecule has 76 valence electrons. The second-order valence-electron chi connectivity index (χ2n) is 5.05. The molecule has 0 aromatic heterocycles. The van der Waals surface area contributed by atoms with E-state index >= 15 is 0 Å². The van der Waals surface area contributed by atoms with Gasteiger partial charge in [-0.15, -0.1) is 11.8 Å². The van der Waals surface area contributed by atoms with Crippen molar-refractivity contribution >= 4 is 11.8 Å². The maximum Gasteiger partial charge on any atom is 0.0653 e. The average Bonchev–Trinajstić information content (AvgIpc) is 1.99. The van der Waals surface area contributed by atoms with Crippen LogP contribution in [0, 0.1) is 11.8 Å². The molecule has 2 heteroatoms. The van der Waals surface area contributed by atoms with Crippen molar-refractivity contribution in [2.45, 2.75) is 50.2 Å². The molecule has 1 saturated carbocycles. The van der Waals surface area contributed by atoms with Crippen LogP contribution in [0.4, 0.5) is 0 Å². The lowest BCUT2D eigenvalue weighted by molar-refractivity contribution is 0.138. The highest BCUT2D eigenvalue weighted by Gasteiger charge is 2.47. The number of nitrogens with one attached hydrogen (secondary N) is 1. The van der Waals surface area contributed by atoms with Crippen LogP contribution in [0.3, 0.4) is 0 Å². The van der Waals surface area contributed by atoms with Gasteiger partial charge in [0.15, 0.2) is 0 Å². The minimum Gasteiger partial charge on any atom is -0.303 e. The Morgan fingerprint density at radius 1 is 1.38 bits per heavy atom. The topological polar surface area (TPSA) is 12.0 Å². The molecule has 2 fully saturated rings. The first kappa shape index (κ1) is 9.85. The summed E-state index contributed by atoms with van der Waals surface area (Å²) in [5.74, 6) is 1.86. The van der Waals surface area contributed by atoms with Crippen LogP contribution in [-0.4, -0.2) is 16.7 Å². The Balaban J connectivity index is 1.88. The first-order valence-corrected chi connectivity index (χ1v) is 6.42. The minimum absolute atomic E-state index is 0.493. The number of hydrogen-bond donors (Lipinski definition) is 1. The molecule has 0 aromatic carbocycles. The van der Waals surface area contributed by atoms with E-state index in [1.165, 1.54) is 25.8 Å². The molecule has 2 aliphatic rings. The van der Waals surface area contributed by atoms with Gasteiger partial charge in [-0.25, -0.2) is 0 Å². The summed E-state index contributed by atoms with van der Waals surface area (Å²) in [7, 11) is 0. The summed E-state index contributed by atoms with van der Waals surface area (Å²) < 4.78 is 0. The lowest BCUT2D eigenvalue weighted by Crippen LogP contribution is -2.57. The third-order valence-corrected chi connectivity index (χ3v) is 5.12. The van der Waals surface area contributed by atoms with Crippen LogP contribution in [0.15, 0.2) is 0 Å². The molecule has 1 atom stereocenters. The zero-order valence-electron chi connectivity index (χ0n) is 8.97. The van der Waals surface area contributed by atoms with Crippen LogP contribution in [0.25, 0.3) is 0 Å². The van der Waals surface area contributed by atoms with E-state index in [2.05, 4.69) is 37.8 Å². The molecule has 1 spiro atoms. The second-order valence-corrected chi connectivity index (χ2v) is 6.87. The first-order valence-electron chi connectivity index (χ1n) is 5.54. The fourth-order valence-electron chi connectivity index (χ4n) is 2.49. The third-order valence-electron chi connectivity index (χ3n) is 3.55. The quantitative estimate of drug-likeness (QED) is 0.697. The Bertz CT molecular complexity index is 185. The summed E-state index contributed by atoms with van der Waals surface area (Å²) in [6, 6.07) is 0. The predicted molar refractivity (Wildman–Crippen MR) is 60.0 cm³/mol. The summed E-state index contributed by atoms with van der Waals surface area (Å²) in [6.07, 6.45) is 4.15. The molecule has 13 heavy (non-hydrogen) atoms. The summed E-state index contributed by atoms with van der Waals surface area (Å²) in [5, 5.41) is 4.58. The van der Waals surface area contributed by atoms with Gasteiger partial charge in [0.05, 0.1) is 4.87 Å². The smallest absolute Gasteiger partial charge is 0.0653 e. The van der Waals surface area contributed by atoms with Crippen molar-refractivity contribution in [2.24, 2.45) is 11.8 Å². The van der Waals surface area contributed by atoms with E-state index in [4.69, 9.17) is 0 Å². The van der Waals surface area contributed by atoms with Gasteiger partial charge in [-0.05, 0) is 37.6 Å². The number of hydrogen-bond acceptors (Lipinski definition) is 2. The van der Waals surface area contributed by atoms with Crippen LogP contribution in [0.5, 0.6) is 0 Å². The average molecular weight is 199 g/mol. The predicted octanol–water partition coefficient (Wildman–Crippen LogP) is 2.86. The molecule has 1 aliphatic carbocycles. The van der Waals surface area contributed by atoms with Crippen LogP contribution >= 0.6 is 11.8 Å². The molecule has 0 radical (unpaired) electrons. The standard InChI is InChI=1S/C11H21NS/c1-8(2)10-6-11(7-10)12-5-4-9(3)13-11/h8-10,12H,4-7H2,1-3H3. The van der Waals surface area contributed by atoms with Gasteiger partial charge in [0.2, 0.25) is 0 Å². The van der Waals surface area contributed by atoms with E-state index in [0.717, 1.165) is 17.1 Å². The summed E-state index contributed by atoms with van der Waals surface area (Å²) in [6.45, 7) is 8.32. The van der Waals surface area contributed by atoms with Crippen LogP contribution in [-0.2, 0) is 0 Å². The van der Waals surface area contributed by atoms with E-state index in [1.807, 2.05) is 0 Å². The molecule has 1 nitrogen and oxygen atoms in total. The van der Waals surface area contributed by atoms with Crippen molar-refractivity contribution in [3.05, 3.63) is 0 Å². The fourth-order valence-corrected chi connectivity index (χ4v) is 4.30. The molecule has 0 amide bonds. The fraction of sp³-hybridized carbons (Fsp3) is 1.00. The Kier molecular flexibility index (Phi) is 2.63. The van der Waals surface area contributed by atoms with Crippen molar-refractivity contribution in [2.75, 3.05) is 6.54 Å². The largest absolute Gasteiger partial charge is 0.303 e. The maximum absolute atomic E-state index is 3.71. The van der Waals surface area contributed by atoms with Crippen molar-refractivity contribution in [1.82, 2.24) is 5.32 Å². The van der Waals surface area contributed by atoms with Crippen LogP contribution in [0.1, 0.15) is 40.0 Å². The van der Waals surface area contributed by atoms with Crippen LogP contribution < -0.4 is 5.32 Å². The van der Waals surface area contributed by atoms with Crippen molar-refractivity contribution < 1.29 is 0 Å². The van der Waals surface area contributed by atoms with Crippen molar-refractivity contribution in [3.8, 4) is 0 Å². The monoisotopic (exact) mass is 199 g/mol. The maximum atomic E-state index is 3.71. The van der Waals surface area contributed by atoms with E-state index < -0.39 is 0 Å². The van der Waals surface area contributed by atoms with Crippen LogP contribution in [0.2, 0.25) is 0 Å². The summed E-state index contributed by atoms with van der Waals surface area (Å²) >= 11 is 2.19. The molecule has 1 heterocycles. The molecule has 1 unspecified atom stereocenters. The highest BCUT2D eigenvalue weighted by atomic mass is 32.2. The van der Waals surface area contributed by atoms with Gasteiger partial charge >= 0.3 is 0 Å². The van der Waals surface area contributed by atoms with E-state index in [1.54, 1.807) is 0 Å². The highest BCUT2D eigenvalue weighted by Crippen LogP contribution is 2.51. The molecular formula is C11H21NS. The normalized spacial score (nSPS) is 45.2. The summed E-state index contributed by atoms with van der Waals surface area (Å²) in [4.78, 5) is 0.493. The molecule has 1 N–H and O–H groups in total. The number of thioether (sulfide) groups is 1. The first-order chi connectivity index (χ1) is 6.11. The Labute approximate surface area is 86.0 Å². The Hall–Kier alpha value is 0.310. The highest BCUT2D eigenvalue weighted by molar-refractivity contribution is 8.01. The van der Waals surface area contributed by atoms with Gasteiger partial charge in [0, 0.05) is 5.25 Å². The van der Waals surface area contributed by atoms with Crippen molar-refractivity contribution in [1.29, 1.82) is 0 Å². The molecule has 1 aliphatic heterocycles. The van der Waals surface area contributed by atoms with Gasteiger partial charge in [-0.2, -0.15) is 0 Å². The van der Waals surface area contributed by atoms with Gasteiger partial charge < -0.3 is 5.32 Å². The molecule has 0 aromatic rings. The lowest BCUT2D eigenvalue weighted by atomic mass is 9.73. The third kappa shape index (κ3) is 1.89. The van der Waals surface area contributed by atoms with Gasteiger partial charge in [-0.3, -0.25) is 0 Å². The Morgan fingerprint density at radius 2 is 2.08 bits per heavy atom. The summed E-state index contributed by atoms with van der Waals surface area (Å²) in [5.41, 5.74) is 0. The molecule has 1 saturated heterocycles. The Morgan fingerprint density at radius 3 is 2.62 bits per heavy atom. The van der Waals surface area contributed by atoms with Gasteiger partial charge in [-0.1, -0.05) is 20.8 Å². The molecular weight excluding hydrogens is 178 g/mol.